The van der Waals surface area contributed by atoms with Crippen LogP contribution in [0.15, 0.2) is 104 Å². The number of ether oxygens (including phenoxy) is 2. The number of nitrogens with two attached hydrogens (primary N) is 1. The number of hydrogen-bond donors (Lipinski definition) is 3. The number of sulfone groups is 1. The number of hydrogen-bond acceptors (Lipinski definition) is 15. The van der Waals surface area contributed by atoms with E-state index in [9.17, 15) is 31.6 Å². The van der Waals surface area contributed by atoms with Crippen LogP contribution in [0.3, 0.4) is 0 Å². The number of anilines is 2. The molecule has 23 heteroatoms. The SMILES string of the molecule is CN(C(=O)c1cc2c(s1)-c1ccc(C(=O)NCCS(C)(=O)=O)cc1OCC2)c1cc(C(=O)N2CCNCC2)ccc1Cl.Nc1ccc(-c2ccc3c(n2)-c2sc(-c4ncnn4-c4ccc(F)cc4F)cc2CCO3)cn1. The first-order valence-corrected chi connectivity index (χ1v) is 27.9. The van der Waals surface area contributed by atoms with E-state index in [4.69, 9.17) is 31.8 Å². The zero-order valence-electron chi connectivity index (χ0n) is 40.8. The third-order valence-electron chi connectivity index (χ3n) is 12.7. The number of aromatic nitrogens is 5. The van der Waals surface area contributed by atoms with Crippen molar-refractivity contribution >= 4 is 73.3 Å². The minimum Gasteiger partial charge on any atom is -0.493 e. The largest absolute Gasteiger partial charge is 0.493 e. The van der Waals surface area contributed by atoms with Crippen LogP contribution in [0.2, 0.25) is 5.02 Å². The van der Waals surface area contributed by atoms with E-state index < -0.39 is 27.4 Å². The Kier molecular flexibility index (Phi) is 14.9. The van der Waals surface area contributed by atoms with Crippen molar-refractivity contribution in [3.8, 4) is 60.2 Å². The van der Waals surface area contributed by atoms with Gasteiger partial charge in [0.05, 0.1) is 50.0 Å². The Balaban J connectivity index is 0.000000176. The molecule has 4 N–H and O–H groups in total. The van der Waals surface area contributed by atoms with E-state index in [1.54, 1.807) is 60.6 Å². The molecule has 1 fully saturated rings. The number of nitrogens with zero attached hydrogens (tertiary/aromatic N) is 7. The number of carbonyl (C=O) groups excluding carboxylic acids is 3. The molecule has 8 heterocycles. The van der Waals surface area contributed by atoms with Crippen LogP contribution in [0.5, 0.6) is 11.5 Å². The molecule has 0 radical (unpaired) electrons. The highest BCUT2D eigenvalue weighted by Crippen LogP contribution is 2.45. The van der Waals surface area contributed by atoms with Crippen LogP contribution in [0, 0.1) is 11.6 Å². The van der Waals surface area contributed by atoms with Crippen molar-refractivity contribution in [2.75, 3.05) is 75.6 Å². The normalized spacial score (nSPS) is 13.7. The molecule has 0 aliphatic carbocycles. The standard InChI is InChI=1S/C29H31ClN4O6S2.C24H16F2N6OS/c1-33(23-15-20(4-6-22(23)30)28(36)34-11-8-31-9-12-34)29(37)25-17-18-7-13-40-24-16-19(3-5-21(24)26(18)41-25)27(35)32-10-14-42(2,38)39;25-15-2-4-18(16(26)10-15)32-24(29-12-30-32)20-9-13-7-8-33-19-5-3-17(31-22(19)23(13)34-20)14-1-6-21(27)28-11-14/h3-6,15-17,31H,7-14H2,1-2H3,(H,32,35);1-6,9-12H,7-8H2,(H2,27,28). The highest BCUT2D eigenvalue weighted by atomic mass is 35.5. The number of carbonyl (C=O) groups is 3. The predicted octanol–water partition coefficient (Wildman–Crippen LogP) is 8.01. The van der Waals surface area contributed by atoms with Gasteiger partial charge in [-0.25, -0.2) is 36.8 Å². The number of benzene rings is 3. The monoisotopic (exact) mass is 1100 g/mol. The minimum absolute atomic E-state index is 0.0144. The van der Waals surface area contributed by atoms with Crippen molar-refractivity contribution in [1.82, 2.24) is 40.3 Å². The molecule has 8 aromatic rings. The molecular formula is C53H47ClF2N10O7S3. The smallest absolute Gasteiger partial charge is 0.268 e. The molecule has 3 amide bonds. The van der Waals surface area contributed by atoms with Crippen molar-refractivity contribution in [2.24, 2.45) is 0 Å². The Bertz CT molecular complexity index is 3660. The first kappa shape index (κ1) is 51.8. The van der Waals surface area contributed by atoms with E-state index in [2.05, 4.69) is 25.7 Å². The van der Waals surface area contributed by atoms with Crippen LogP contribution in [0.25, 0.3) is 48.7 Å². The molecule has 76 heavy (non-hydrogen) atoms. The molecule has 11 rings (SSSR count). The fourth-order valence-electron chi connectivity index (χ4n) is 8.75. The summed E-state index contributed by atoms with van der Waals surface area (Å²) in [6, 6.07) is 24.7. The third-order valence-corrected chi connectivity index (χ3v) is 16.3. The maximum atomic E-state index is 14.5. The Morgan fingerprint density at radius 2 is 1.63 bits per heavy atom. The van der Waals surface area contributed by atoms with E-state index in [-0.39, 0.29) is 29.8 Å². The second-order valence-corrected chi connectivity index (χ2v) is 22.7. The summed E-state index contributed by atoms with van der Waals surface area (Å²) in [5.41, 5.74) is 12.2. The Morgan fingerprint density at radius 3 is 2.38 bits per heavy atom. The van der Waals surface area contributed by atoms with Gasteiger partial charge in [0.2, 0.25) is 0 Å². The van der Waals surface area contributed by atoms with Crippen molar-refractivity contribution in [2.45, 2.75) is 12.8 Å². The molecular weight excluding hydrogens is 1060 g/mol. The average Bonchev–Trinajstić information content (AvgIpc) is 4.14. The Morgan fingerprint density at radius 1 is 0.868 bits per heavy atom. The molecule has 0 spiro atoms. The third kappa shape index (κ3) is 11.2. The number of rotatable bonds is 10. The zero-order chi connectivity index (χ0) is 53.3. The second-order valence-electron chi connectivity index (χ2n) is 17.9. The number of nitrogens with one attached hydrogen (secondary N) is 2. The van der Waals surface area contributed by atoms with Crippen LogP contribution < -0.4 is 30.7 Å². The fraction of sp³-hybridized carbons (Fsp3) is 0.226. The van der Waals surface area contributed by atoms with Crippen molar-refractivity contribution in [1.29, 1.82) is 0 Å². The molecule has 0 atom stereocenters. The summed E-state index contributed by atoms with van der Waals surface area (Å²) in [4.78, 5) is 59.0. The van der Waals surface area contributed by atoms with E-state index >= 15 is 0 Å². The lowest BCUT2D eigenvalue weighted by Gasteiger charge is -2.28. The summed E-state index contributed by atoms with van der Waals surface area (Å²) in [6.45, 7) is 3.59. The number of amides is 3. The maximum absolute atomic E-state index is 14.5. The van der Waals surface area contributed by atoms with Gasteiger partial charge in [-0.15, -0.1) is 22.7 Å². The van der Waals surface area contributed by atoms with Crippen LogP contribution in [0.4, 0.5) is 20.3 Å². The average molecular weight is 1110 g/mol. The summed E-state index contributed by atoms with van der Waals surface area (Å²) in [6.07, 6.45) is 5.40. The van der Waals surface area contributed by atoms with Gasteiger partial charge < -0.3 is 35.6 Å². The Hall–Kier alpha value is -7.63. The van der Waals surface area contributed by atoms with E-state index in [0.29, 0.717) is 89.0 Å². The number of piperazine rings is 1. The molecule has 3 aliphatic heterocycles. The minimum atomic E-state index is -3.19. The first-order chi connectivity index (χ1) is 36.6. The van der Waals surface area contributed by atoms with E-state index in [1.807, 2.05) is 30.3 Å². The maximum Gasteiger partial charge on any atom is 0.268 e. The van der Waals surface area contributed by atoms with Gasteiger partial charge in [0.15, 0.2) is 11.6 Å². The van der Waals surface area contributed by atoms with Crippen LogP contribution in [0.1, 0.15) is 41.5 Å². The van der Waals surface area contributed by atoms with E-state index in [1.165, 1.54) is 50.7 Å². The second kappa shape index (κ2) is 21.9. The highest BCUT2D eigenvalue weighted by Gasteiger charge is 2.28. The van der Waals surface area contributed by atoms with Crippen LogP contribution >= 0.6 is 34.3 Å². The van der Waals surface area contributed by atoms with Gasteiger partial charge in [-0.3, -0.25) is 14.4 Å². The van der Waals surface area contributed by atoms with Gasteiger partial charge in [-0.05, 0) is 96.1 Å². The van der Waals surface area contributed by atoms with Crippen molar-refractivity contribution < 1.29 is 41.1 Å². The fourth-order valence-corrected chi connectivity index (χ4v) is 11.9. The van der Waals surface area contributed by atoms with Gasteiger partial charge in [-0.2, -0.15) is 5.10 Å². The van der Waals surface area contributed by atoms with Gasteiger partial charge in [-0.1, -0.05) is 11.6 Å². The van der Waals surface area contributed by atoms with Gasteiger partial charge in [0.25, 0.3) is 17.7 Å². The van der Waals surface area contributed by atoms with Crippen LogP contribution in [-0.4, -0.2) is 121 Å². The summed E-state index contributed by atoms with van der Waals surface area (Å²) in [5, 5.41) is 10.4. The predicted molar refractivity (Wildman–Crippen MR) is 289 cm³/mol. The number of fused-ring (bicyclic) bond motifs is 6. The quantitative estimate of drug-likeness (QED) is 0.118. The summed E-state index contributed by atoms with van der Waals surface area (Å²) >= 11 is 9.30. The molecule has 0 unspecified atom stereocenters. The molecule has 390 valence electrons. The molecule has 3 aliphatic rings. The molecule has 17 nitrogen and oxygen atoms in total. The molecule has 0 saturated carbocycles. The summed E-state index contributed by atoms with van der Waals surface area (Å²) in [7, 11) is -1.55. The topological polar surface area (TPSA) is 217 Å². The Labute approximate surface area is 448 Å². The number of halogens is 3. The lowest BCUT2D eigenvalue weighted by atomic mass is 10.0. The molecule has 1 saturated heterocycles. The van der Waals surface area contributed by atoms with Gasteiger partial charge in [0, 0.05) is 98.3 Å². The lowest BCUT2D eigenvalue weighted by Crippen LogP contribution is -2.46. The highest BCUT2D eigenvalue weighted by molar-refractivity contribution is 7.90. The lowest BCUT2D eigenvalue weighted by molar-refractivity contribution is 0.0735. The summed E-state index contributed by atoms with van der Waals surface area (Å²) < 4.78 is 63.8. The number of nitrogen functional groups attached to an aromatic ring is 1. The van der Waals surface area contributed by atoms with Crippen molar-refractivity contribution in [3.05, 3.63) is 147 Å². The molecule has 5 aromatic heterocycles. The number of pyridine rings is 2. The zero-order valence-corrected chi connectivity index (χ0v) is 44.0. The van der Waals surface area contributed by atoms with Gasteiger partial charge in [0.1, 0.15) is 50.7 Å². The molecule has 3 aromatic carbocycles. The summed E-state index contributed by atoms with van der Waals surface area (Å²) in [5.74, 6) is -0.166. The van der Waals surface area contributed by atoms with Gasteiger partial charge >= 0.3 is 0 Å². The van der Waals surface area contributed by atoms with Crippen LogP contribution in [-0.2, 0) is 22.7 Å². The van der Waals surface area contributed by atoms with E-state index in [0.717, 1.165) is 73.7 Å². The molecule has 0 bridgehead atoms. The first-order valence-electron chi connectivity index (χ1n) is 23.9. The van der Waals surface area contributed by atoms with Crippen molar-refractivity contribution in [3.63, 3.8) is 0 Å². The number of thiophene rings is 2.